The van der Waals surface area contributed by atoms with E-state index in [1.54, 1.807) is 0 Å². The van der Waals surface area contributed by atoms with E-state index in [0.29, 0.717) is 13.2 Å². The zero-order valence-electron chi connectivity index (χ0n) is 10.5. The first-order chi connectivity index (χ1) is 8.20. The summed E-state index contributed by atoms with van der Waals surface area (Å²) in [7, 11) is 0. The van der Waals surface area contributed by atoms with Gasteiger partial charge in [0.15, 0.2) is 0 Å². The molecule has 1 aromatic carbocycles. The Morgan fingerprint density at radius 3 is 2.59 bits per heavy atom. The molecule has 92 valence electrons. The fraction of sp³-hybridized carbons (Fsp3) is 0.333. The van der Waals surface area contributed by atoms with Gasteiger partial charge in [-0.25, -0.2) is 0 Å². The van der Waals surface area contributed by atoms with Crippen LogP contribution in [-0.2, 0) is 4.74 Å². The van der Waals surface area contributed by atoms with Crippen LogP contribution in [0.2, 0.25) is 0 Å². The molecule has 1 aromatic rings. The van der Waals surface area contributed by atoms with Crippen LogP contribution in [0, 0.1) is 0 Å². The largest absolute Gasteiger partial charge is 0.376 e. The minimum Gasteiger partial charge on any atom is -0.376 e. The van der Waals surface area contributed by atoms with E-state index in [2.05, 4.69) is 30.6 Å². The molecule has 2 heteroatoms. The summed E-state index contributed by atoms with van der Waals surface area (Å²) in [5.41, 5.74) is 3.34. The molecule has 0 unspecified atom stereocenters. The van der Waals surface area contributed by atoms with Crippen molar-refractivity contribution in [2.24, 2.45) is 0 Å². The summed E-state index contributed by atoms with van der Waals surface area (Å²) in [6, 6.07) is 10.2. The monoisotopic (exact) mass is 231 g/mol. The summed E-state index contributed by atoms with van der Waals surface area (Å²) in [5, 5.41) is 3.30. The average Bonchev–Trinajstić information content (AvgIpc) is 2.34. The van der Waals surface area contributed by atoms with E-state index in [-0.39, 0.29) is 0 Å². The van der Waals surface area contributed by atoms with Crippen molar-refractivity contribution in [3.63, 3.8) is 0 Å². The van der Waals surface area contributed by atoms with Crippen molar-refractivity contribution in [1.29, 1.82) is 0 Å². The SMILES string of the molecule is C=C(C)COCCNCC(=C)c1ccccc1. The van der Waals surface area contributed by atoms with E-state index in [1.807, 2.05) is 25.1 Å². The molecule has 2 nitrogen and oxygen atoms in total. The van der Waals surface area contributed by atoms with Gasteiger partial charge in [-0.1, -0.05) is 49.1 Å². The van der Waals surface area contributed by atoms with Crippen LogP contribution in [0.25, 0.3) is 5.57 Å². The Kier molecular flexibility index (Phi) is 6.30. The van der Waals surface area contributed by atoms with E-state index in [9.17, 15) is 0 Å². The van der Waals surface area contributed by atoms with Gasteiger partial charge in [-0.2, -0.15) is 0 Å². The quantitative estimate of drug-likeness (QED) is 0.548. The van der Waals surface area contributed by atoms with Crippen molar-refractivity contribution in [2.45, 2.75) is 6.92 Å². The van der Waals surface area contributed by atoms with E-state index in [0.717, 1.165) is 24.2 Å². The van der Waals surface area contributed by atoms with Crippen LogP contribution in [0.4, 0.5) is 0 Å². The fourth-order valence-electron chi connectivity index (χ4n) is 1.41. The Hall–Kier alpha value is -1.38. The molecule has 0 amide bonds. The Morgan fingerprint density at radius 1 is 1.24 bits per heavy atom. The number of hydrogen-bond donors (Lipinski definition) is 1. The highest BCUT2D eigenvalue weighted by atomic mass is 16.5. The molecule has 0 fully saturated rings. The molecule has 1 rings (SSSR count). The molecular formula is C15H21NO. The Balaban J connectivity index is 2.11. The van der Waals surface area contributed by atoms with Crippen molar-refractivity contribution in [3.8, 4) is 0 Å². The average molecular weight is 231 g/mol. The predicted octanol–water partition coefficient (Wildman–Crippen LogP) is 2.88. The maximum absolute atomic E-state index is 5.39. The van der Waals surface area contributed by atoms with Crippen LogP contribution in [0.15, 0.2) is 49.1 Å². The van der Waals surface area contributed by atoms with Gasteiger partial charge >= 0.3 is 0 Å². The van der Waals surface area contributed by atoms with Gasteiger partial charge in [-0.05, 0) is 18.1 Å². The maximum Gasteiger partial charge on any atom is 0.0672 e. The second kappa shape index (κ2) is 7.82. The highest BCUT2D eigenvalue weighted by Gasteiger charge is 1.97. The highest BCUT2D eigenvalue weighted by Crippen LogP contribution is 2.09. The molecule has 17 heavy (non-hydrogen) atoms. The molecule has 0 atom stereocenters. The molecule has 0 aromatic heterocycles. The maximum atomic E-state index is 5.39. The summed E-state index contributed by atoms with van der Waals surface area (Å²) < 4.78 is 5.39. The normalized spacial score (nSPS) is 10.2. The lowest BCUT2D eigenvalue weighted by Crippen LogP contribution is -2.21. The van der Waals surface area contributed by atoms with Gasteiger partial charge in [0, 0.05) is 13.1 Å². The summed E-state index contributed by atoms with van der Waals surface area (Å²) in [6.07, 6.45) is 0. The number of nitrogens with one attached hydrogen (secondary N) is 1. The number of hydrogen-bond acceptors (Lipinski definition) is 2. The van der Waals surface area contributed by atoms with Gasteiger partial charge in [-0.15, -0.1) is 0 Å². The lowest BCUT2D eigenvalue weighted by atomic mass is 10.1. The van der Waals surface area contributed by atoms with Crippen molar-refractivity contribution >= 4 is 5.57 Å². The van der Waals surface area contributed by atoms with E-state index in [1.165, 1.54) is 5.56 Å². The summed E-state index contributed by atoms with van der Waals surface area (Å²) in [4.78, 5) is 0. The minimum atomic E-state index is 0.640. The molecule has 1 N–H and O–H groups in total. The molecule has 0 bridgehead atoms. The molecular weight excluding hydrogens is 210 g/mol. The molecule has 0 aliphatic heterocycles. The van der Waals surface area contributed by atoms with Gasteiger partial charge in [-0.3, -0.25) is 0 Å². The van der Waals surface area contributed by atoms with Gasteiger partial charge in [0.2, 0.25) is 0 Å². The molecule has 0 radical (unpaired) electrons. The predicted molar refractivity (Wildman–Crippen MR) is 74.0 cm³/mol. The number of benzene rings is 1. The first kappa shape index (κ1) is 13.7. The third-order valence-electron chi connectivity index (χ3n) is 2.29. The molecule has 0 saturated heterocycles. The van der Waals surface area contributed by atoms with Crippen LogP contribution >= 0.6 is 0 Å². The Morgan fingerprint density at radius 2 is 1.94 bits per heavy atom. The lowest BCUT2D eigenvalue weighted by Gasteiger charge is -2.08. The van der Waals surface area contributed by atoms with Crippen molar-refractivity contribution in [1.82, 2.24) is 5.32 Å². The zero-order chi connectivity index (χ0) is 12.5. The van der Waals surface area contributed by atoms with Crippen molar-refractivity contribution in [2.75, 3.05) is 26.3 Å². The Labute approximate surface area is 104 Å². The Bertz CT molecular complexity index is 356. The first-order valence-corrected chi connectivity index (χ1v) is 5.86. The third-order valence-corrected chi connectivity index (χ3v) is 2.29. The highest BCUT2D eigenvalue weighted by molar-refractivity contribution is 5.64. The van der Waals surface area contributed by atoms with Crippen LogP contribution in [-0.4, -0.2) is 26.3 Å². The molecule has 0 saturated carbocycles. The summed E-state index contributed by atoms with van der Waals surface area (Å²) >= 11 is 0. The van der Waals surface area contributed by atoms with Crippen LogP contribution in [0.5, 0.6) is 0 Å². The molecule has 0 aliphatic rings. The van der Waals surface area contributed by atoms with Crippen LogP contribution in [0.3, 0.4) is 0 Å². The lowest BCUT2D eigenvalue weighted by molar-refractivity contribution is 0.159. The van der Waals surface area contributed by atoms with E-state index in [4.69, 9.17) is 4.74 Å². The standard InChI is InChI=1S/C15H21NO/c1-13(2)12-17-10-9-16-11-14(3)15-7-5-4-6-8-15/h4-8,16H,1,3,9-12H2,2H3. The minimum absolute atomic E-state index is 0.640. The van der Waals surface area contributed by atoms with Crippen LogP contribution in [0.1, 0.15) is 12.5 Å². The van der Waals surface area contributed by atoms with Crippen molar-refractivity contribution in [3.05, 3.63) is 54.6 Å². The van der Waals surface area contributed by atoms with E-state index >= 15 is 0 Å². The topological polar surface area (TPSA) is 21.3 Å². The molecule has 0 spiro atoms. The molecule has 0 aliphatic carbocycles. The second-order valence-corrected chi connectivity index (χ2v) is 4.16. The van der Waals surface area contributed by atoms with Gasteiger partial charge < -0.3 is 10.1 Å². The number of ether oxygens (including phenoxy) is 1. The number of rotatable bonds is 8. The second-order valence-electron chi connectivity index (χ2n) is 4.16. The zero-order valence-corrected chi connectivity index (χ0v) is 10.5. The summed E-state index contributed by atoms with van der Waals surface area (Å²) in [5.74, 6) is 0. The molecule has 0 heterocycles. The van der Waals surface area contributed by atoms with Gasteiger partial charge in [0.05, 0.1) is 13.2 Å². The van der Waals surface area contributed by atoms with E-state index < -0.39 is 0 Å². The fourth-order valence-corrected chi connectivity index (χ4v) is 1.41. The third kappa shape index (κ3) is 6.05. The van der Waals surface area contributed by atoms with Crippen molar-refractivity contribution < 1.29 is 4.74 Å². The smallest absolute Gasteiger partial charge is 0.0672 e. The summed E-state index contributed by atoms with van der Waals surface area (Å²) in [6.45, 7) is 12.8. The van der Waals surface area contributed by atoms with Crippen LogP contribution < -0.4 is 5.32 Å². The van der Waals surface area contributed by atoms with Gasteiger partial charge in [0.1, 0.15) is 0 Å². The first-order valence-electron chi connectivity index (χ1n) is 5.86. The van der Waals surface area contributed by atoms with Gasteiger partial charge in [0.25, 0.3) is 0 Å².